The van der Waals surface area contributed by atoms with E-state index in [1.807, 2.05) is 27.3 Å². The molecule has 2 aromatic heterocycles. The van der Waals surface area contributed by atoms with Gasteiger partial charge in [-0.05, 0) is 48.6 Å². The average molecular weight is 431 g/mol. The molecule has 4 aromatic rings. The van der Waals surface area contributed by atoms with Gasteiger partial charge in [0.05, 0.1) is 6.54 Å². The molecule has 0 aliphatic heterocycles. The van der Waals surface area contributed by atoms with Gasteiger partial charge in [0.25, 0.3) is 0 Å². The zero-order valence-electron chi connectivity index (χ0n) is 19.2. The van der Waals surface area contributed by atoms with Crippen LogP contribution >= 0.6 is 0 Å². The molecule has 7 nitrogen and oxygen atoms in total. The van der Waals surface area contributed by atoms with Gasteiger partial charge in [-0.1, -0.05) is 68.8 Å². The fourth-order valence-electron chi connectivity index (χ4n) is 4.32. The first-order valence-corrected chi connectivity index (χ1v) is 11.3. The second kappa shape index (κ2) is 9.34. The highest BCUT2D eigenvalue weighted by molar-refractivity contribution is 5.80. The Kier molecular flexibility index (Phi) is 6.35. The largest absolute Gasteiger partial charge is 0.329 e. The Hall–Kier alpha value is -3.48. The minimum atomic E-state index is 0.0897. The predicted molar refractivity (Wildman–Crippen MR) is 127 cm³/mol. The summed E-state index contributed by atoms with van der Waals surface area (Å²) in [7, 11) is 0. The molecule has 166 valence electrons. The number of hydrogen-bond donors (Lipinski definition) is 1. The number of aromatic amines is 1. The first-order chi connectivity index (χ1) is 15.5. The number of H-pyrrole nitrogens is 1. The van der Waals surface area contributed by atoms with Crippen molar-refractivity contribution >= 4 is 0 Å². The molecule has 32 heavy (non-hydrogen) atoms. The lowest BCUT2D eigenvalue weighted by Gasteiger charge is -2.11. The number of tetrazole rings is 1. The molecule has 1 N–H and O–H groups in total. The van der Waals surface area contributed by atoms with Crippen molar-refractivity contribution in [1.29, 1.82) is 0 Å². The maximum Gasteiger partial charge on any atom is 0.329 e. The molecule has 0 saturated carbocycles. The molecule has 0 fully saturated rings. The van der Waals surface area contributed by atoms with Crippen LogP contribution in [0, 0.1) is 6.92 Å². The molecule has 2 heterocycles. The summed E-state index contributed by atoms with van der Waals surface area (Å²) in [5.41, 5.74) is 6.47. The molecule has 0 saturated heterocycles. The van der Waals surface area contributed by atoms with E-state index < -0.39 is 0 Å². The standard InChI is InChI=1S/C25H30N6O/c1-5-9-23-18(4)31(17(3)6-2)25(32)30(23)16-19-12-14-20(15-13-19)21-10-7-8-11-22(21)24-26-28-29-27-24/h7-8,10-15,17H,5-6,9,16H2,1-4H3,(H,26,27,28,29). The van der Waals surface area contributed by atoms with Crippen molar-refractivity contribution in [3.63, 3.8) is 0 Å². The lowest BCUT2D eigenvalue weighted by molar-refractivity contribution is 0.496. The normalized spacial score (nSPS) is 12.2. The van der Waals surface area contributed by atoms with E-state index in [0.29, 0.717) is 12.4 Å². The Labute approximate surface area is 188 Å². The number of hydrogen-bond acceptors (Lipinski definition) is 4. The fraction of sp³-hybridized carbons (Fsp3) is 0.360. The van der Waals surface area contributed by atoms with Crippen molar-refractivity contribution in [1.82, 2.24) is 29.8 Å². The quantitative estimate of drug-likeness (QED) is 0.436. The topological polar surface area (TPSA) is 81.4 Å². The SMILES string of the molecule is CCCc1c(C)n(C(C)CC)c(=O)n1Cc1ccc(-c2ccccc2-c2nn[nH]n2)cc1. The number of aromatic nitrogens is 6. The van der Waals surface area contributed by atoms with Crippen LogP contribution in [-0.4, -0.2) is 29.8 Å². The molecule has 0 aliphatic carbocycles. The number of benzene rings is 2. The Bertz CT molecular complexity index is 1230. The highest BCUT2D eigenvalue weighted by Gasteiger charge is 2.19. The molecule has 1 unspecified atom stereocenters. The van der Waals surface area contributed by atoms with Crippen molar-refractivity contribution < 1.29 is 0 Å². The van der Waals surface area contributed by atoms with Crippen LogP contribution in [0.4, 0.5) is 0 Å². The molecular weight excluding hydrogens is 400 g/mol. The van der Waals surface area contributed by atoms with E-state index in [9.17, 15) is 4.79 Å². The van der Waals surface area contributed by atoms with Crippen molar-refractivity contribution in [2.75, 3.05) is 0 Å². The maximum absolute atomic E-state index is 13.3. The van der Waals surface area contributed by atoms with Crippen molar-refractivity contribution in [2.24, 2.45) is 0 Å². The Morgan fingerprint density at radius 3 is 2.38 bits per heavy atom. The number of imidazole rings is 1. The van der Waals surface area contributed by atoms with Crippen molar-refractivity contribution in [2.45, 2.75) is 59.5 Å². The van der Waals surface area contributed by atoms with Gasteiger partial charge < -0.3 is 0 Å². The van der Waals surface area contributed by atoms with Crippen LogP contribution in [0.2, 0.25) is 0 Å². The molecule has 4 rings (SSSR count). The summed E-state index contributed by atoms with van der Waals surface area (Å²) in [5.74, 6) is 0.572. The van der Waals surface area contributed by atoms with Crippen LogP contribution in [0.25, 0.3) is 22.5 Å². The highest BCUT2D eigenvalue weighted by atomic mass is 16.1. The van der Waals surface area contributed by atoms with Crippen molar-refractivity contribution in [3.05, 3.63) is 76.0 Å². The summed E-state index contributed by atoms with van der Waals surface area (Å²) >= 11 is 0. The monoisotopic (exact) mass is 430 g/mol. The predicted octanol–water partition coefficient (Wildman–Crippen LogP) is 4.78. The van der Waals surface area contributed by atoms with E-state index in [1.54, 1.807) is 0 Å². The minimum absolute atomic E-state index is 0.0897. The van der Waals surface area contributed by atoms with Gasteiger partial charge in [-0.2, -0.15) is 5.21 Å². The van der Waals surface area contributed by atoms with Crippen LogP contribution in [-0.2, 0) is 13.0 Å². The number of rotatable bonds is 8. The third-order valence-electron chi connectivity index (χ3n) is 6.18. The van der Waals surface area contributed by atoms with Crippen LogP contribution in [0.1, 0.15) is 56.6 Å². The van der Waals surface area contributed by atoms with Gasteiger partial charge in [0, 0.05) is 23.0 Å². The second-order valence-corrected chi connectivity index (χ2v) is 8.26. The van der Waals surface area contributed by atoms with Gasteiger partial charge in [-0.3, -0.25) is 9.13 Å². The molecule has 0 radical (unpaired) electrons. The average Bonchev–Trinajstić information content (AvgIpc) is 3.43. The van der Waals surface area contributed by atoms with Gasteiger partial charge in [0.2, 0.25) is 5.82 Å². The van der Waals surface area contributed by atoms with Crippen LogP contribution in [0.3, 0.4) is 0 Å². The van der Waals surface area contributed by atoms with E-state index in [4.69, 9.17) is 0 Å². The zero-order valence-corrected chi connectivity index (χ0v) is 19.2. The van der Waals surface area contributed by atoms with Gasteiger partial charge in [-0.15, -0.1) is 10.2 Å². The molecule has 7 heteroatoms. The first kappa shape index (κ1) is 21.7. The summed E-state index contributed by atoms with van der Waals surface area (Å²) in [6.45, 7) is 9.05. The summed E-state index contributed by atoms with van der Waals surface area (Å²) < 4.78 is 3.91. The third kappa shape index (κ3) is 4.02. The van der Waals surface area contributed by atoms with Crippen molar-refractivity contribution in [3.8, 4) is 22.5 Å². The summed E-state index contributed by atoms with van der Waals surface area (Å²) in [6, 6.07) is 16.6. The van der Waals surface area contributed by atoms with Gasteiger partial charge in [0.15, 0.2) is 0 Å². The lowest BCUT2D eigenvalue weighted by Crippen LogP contribution is -2.27. The summed E-state index contributed by atoms with van der Waals surface area (Å²) in [6.07, 6.45) is 2.85. The van der Waals surface area contributed by atoms with E-state index in [0.717, 1.165) is 52.9 Å². The lowest BCUT2D eigenvalue weighted by atomic mass is 9.98. The summed E-state index contributed by atoms with van der Waals surface area (Å²) in [4.78, 5) is 13.3. The third-order valence-corrected chi connectivity index (χ3v) is 6.18. The highest BCUT2D eigenvalue weighted by Crippen LogP contribution is 2.30. The Morgan fingerprint density at radius 2 is 1.75 bits per heavy atom. The molecular formula is C25H30N6O. The zero-order chi connectivity index (χ0) is 22.7. The smallest absolute Gasteiger partial charge is 0.294 e. The number of nitrogens with one attached hydrogen (secondary N) is 1. The van der Waals surface area contributed by atoms with Gasteiger partial charge >= 0.3 is 5.69 Å². The van der Waals surface area contributed by atoms with Crippen LogP contribution < -0.4 is 5.69 Å². The van der Waals surface area contributed by atoms with Gasteiger partial charge in [-0.25, -0.2) is 4.79 Å². The maximum atomic E-state index is 13.3. The molecule has 1 atom stereocenters. The second-order valence-electron chi connectivity index (χ2n) is 8.26. The fourth-order valence-corrected chi connectivity index (χ4v) is 4.32. The van der Waals surface area contributed by atoms with E-state index in [-0.39, 0.29) is 11.7 Å². The molecule has 0 bridgehead atoms. The molecule has 0 spiro atoms. The Balaban J connectivity index is 1.67. The van der Waals surface area contributed by atoms with Crippen LogP contribution in [0.5, 0.6) is 0 Å². The van der Waals surface area contributed by atoms with E-state index in [2.05, 4.69) is 78.7 Å². The first-order valence-electron chi connectivity index (χ1n) is 11.3. The minimum Gasteiger partial charge on any atom is -0.294 e. The van der Waals surface area contributed by atoms with Crippen LogP contribution in [0.15, 0.2) is 53.3 Å². The summed E-state index contributed by atoms with van der Waals surface area (Å²) in [5, 5.41) is 14.5. The Morgan fingerprint density at radius 1 is 1.03 bits per heavy atom. The van der Waals surface area contributed by atoms with Gasteiger partial charge in [0.1, 0.15) is 0 Å². The van der Waals surface area contributed by atoms with E-state index >= 15 is 0 Å². The molecule has 0 amide bonds. The number of nitrogens with zero attached hydrogens (tertiary/aromatic N) is 5. The van der Waals surface area contributed by atoms with E-state index in [1.165, 1.54) is 0 Å². The molecule has 2 aromatic carbocycles. The molecule has 0 aliphatic rings.